The van der Waals surface area contributed by atoms with Crippen LogP contribution in [0.5, 0.6) is 0 Å². The number of hydrogen-bond acceptors (Lipinski definition) is 2. The summed E-state index contributed by atoms with van der Waals surface area (Å²) in [4.78, 5) is 14.7. The molecule has 0 aliphatic carbocycles. The number of aliphatic imine (C=N–C) groups is 1. The Kier molecular flexibility index (Phi) is 2.63. The van der Waals surface area contributed by atoms with Crippen molar-refractivity contribution in [1.29, 1.82) is 0 Å². The van der Waals surface area contributed by atoms with E-state index in [1.165, 1.54) is 0 Å². The first kappa shape index (κ1) is 8.97. The third-order valence-corrected chi connectivity index (χ3v) is 1.86. The highest BCUT2D eigenvalue weighted by Gasteiger charge is 2.19. The molecule has 66 valence electrons. The lowest BCUT2D eigenvalue weighted by molar-refractivity contribution is -0.129. The van der Waals surface area contributed by atoms with E-state index in [1.807, 2.05) is 19.9 Å². The van der Waals surface area contributed by atoms with E-state index < -0.39 is 5.97 Å². The number of carboxylic acids is 1. The third-order valence-electron chi connectivity index (χ3n) is 1.86. The number of nitrogens with zero attached hydrogens (tertiary/aromatic N) is 1. The smallest absolute Gasteiger partial charge is 0.354 e. The van der Waals surface area contributed by atoms with Gasteiger partial charge in [0.2, 0.25) is 0 Å². The lowest BCUT2D eigenvalue weighted by Crippen LogP contribution is -2.21. The van der Waals surface area contributed by atoms with Crippen molar-refractivity contribution in [3.8, 4) is 0 Å². The Hall–Kier alpha value is -1.12. The molecule has 0 saturated carbocycles. The number of carboxylic acid groups (broad SMARTS) is 1. The molecule has 0 radical (unpaired) electrons. The molecule has 1 N–H and O–H groups in total. The van der Waals surface area contributed by atoms with Crippen LogP contribution in [0, 0.1) is 5.92 Å². The van der Waals surface area contributed by atoms with Crippen molar-refractivity contribution in [2.75, 3.05) is 6.54 Å². The lowest BCUT2D eigenvalue weighted by atomic mass is 9.95. The van der Waals surface area contributed by atoms with Crippen LogP contribution >= 0.6 is 0 Å². The maximum atomic E-state index is 10.7. The van der Waals surface area contributed by atoms with Gasteiger partial charge in [0.15, 0.2) is 0 Å². The summed E-state index contributed by atoms with van der Waals surface area (Å²) in [5.74, 6) is -0.658. The Labute approximate surface area is 71.8 Å². The first-order valence-corrected chi connectivity index (χ1v) is 4.11. The van der Waals surface area contributed by atoms with Crippen LogP contribution in [0.15, 0.2) is 16.6 Å². The third kappa shape index (κ3) is 1.72. The number of dihydropyridines is 1. The fraction of sp³-hybridized carbons (Fsp3) is 0.556. The molecular weight excluding hydrogens is 154 g/mol. The lowest BCUT2D eigenvalue weighted by Gasteiger charge is -2.14. The molecule has 0 atom stereocenters. The molecule has 0 bridgehead atoms. The second-order valence-electron chi connectivity index (χ2n) is 3.14. The molecule has 0 saturated heterocycles. The van der Waals surface area contributed by atoms with Crippen LogP contribution in [0.25, 0.3) is 0 Å². The zero-order valence-corrected chi connectivity index (χ0v) is 7.37. The van der Waals surface area contributed by atoms with Crippen molar-refractivity contribution in [3.05, 3.63) is 11.6 Å². The Balaban J connectivity index is 2.90. The fourth-order valence-corrected chi connectivity index (χ4v) is 1.28. The van der Waals surface area contributed by atoms with Crippen LogP contribution in [0.4, 0.5) is 0 Å². The topological polar surface area (TPSA) is 49.7 Å². The second-order valence-corrected chi connectivity index (χ2v) is 3.14. The predicted octanol–water partition coefficient (Wildman–Crippen LogP) is 1.50. The quantitative estimate of drug-likeness (QED) is 0.677. The van der Waals surface area contributed by atoms with Gasteiger partial charge in [-0.2, -0.15) is 0 Å². The van der Waals surface area contributed by atoms with E-state index in [1.54, 1.807) is 0 Å². The second kappa shape index (κ2) is 3.52. The van der Waals surface area contributed by atoms with Crippen LogP contribution in [-0.2, 0) is 4.79 Å². The number of hydrogen-bond donors (Lipinski definition) is 1. The first-order chi connectivity index (χ1) is 5.63. The number of carbonyl (C=O) groups is 1. The molecule has 1 rings (SSSR count). The molecule has 0 aromatic rings. The highest BCUT2D eigenvalue weighted by Crippen LogP contribution is 2.16. The van der Waals surface area contributed by atoms with E-state index in [9.17, 15) is 4.79 Å². The van der Waals surface area contributed by atoms with Gasteiger partial charge in [0.1, 0.15) is 5.71 Å². The molecule has 1 aliphatic heterocycles. The molecule has 1 heterocycles. The number of aliphatic carboxylic acids is 1. The summed E-state index contributed by atoms with van der Waals surface area (Å²) in [5, 5.41) is 8.79. The van der Waals surface area contributed by atoms with Crippen molar-refractivity contribution >= 4 is 11.7 Å². The number of rotatable bonds is 2. The summed E-state index contributed by atoms with van der Waals surface area (Å²) in [5.41, 5.74) is 1.12. The molecule has 0 aromatic carbocycles. The summed E-state index contributed by atoms with van der Waals surface area (Å²) in [6.07, 6.45) is 2.84. The van der Waals surface area contributed by atoms with Crippen molar-refractivity contribution < 1.29 is 9.90 Å². The minimum atomic E-state index is -0.908. The first-order valence-electron chi connectivity index (χ1n) is 4.11. The summed E-state index contributed by atoms with van der Waals surface area (Å²) >= 11 is 0. The van der Waals surface area contributed by atoms with E-state index in [4.69, 9.17) is 5.11 Å². The van der Waals surface area contributed by atoms with E-state index in [2.05, 4.69) is 4.99 Å². The van der Waals surface area contributed by atoms with Crippen molar-refractivity contribution in [3.63, 3.8) is 0 Å². The highest BCUT2D eigenvalue weighted by atomic mass is 16.4. The van der Waals surface area contributed by atoms with E-state index in [0.717, 1.165) is 12.0 Å². The monoisotopic (exact) mass is 167 g/mol. The molecular formula is C9H13NO2. The van der Waals surface area contributed by atoms with Crippen LogP contribution < -0.4 is 0 Å². The average molecular weight is 167 g/mol. The molecule has 0 amide bonds. The van der Waals surface area contributed by atoms with Gasteiger partial charge in [0.05, 0.1) is 0 Å². The van der Waals surface area contributed by atoms with Gasteiger partial charge in [-0.05, 0) is 17.9 Å². The Morgan fingerprint density at radius 1 is 1.67 bits per heavy atom. The van der Waals surface area contributed by atoms with Gasteiger partial charge in [0, 0.05) is 6.54 Å². The van der Waals surface area contributed by atoms with Crippen molar-refractivity contribution in [2.45, 2.75) is 20.3 Å². The van der Waals surface area contributed by atoms with Gasteiger partial charge < -0.3 is 5.11 Å². The van der Waals surface area contributed by atoms with E-state index in [0.29, 0.717) is 6.54 Å². The Morgan fingerprint density at radius 2 is 2.33 bits per heavy atom. The average Bonchev–Trinajstić information content (AvgIpc) is 2.04. The maximum Gasteiger partial charge on any atom is 0.354 e. The standard InChI is InChI=1S/C9H13NO2/c1-6(2)7-4-3-5-10-8(7)9(11)12/h4,6H,3,5H2,1-2H3,(H,11,12). The zero-order chi connectivity index (χ0) is 9.14. The molecule has 0 unspecified atom stereocenters. The normalized spacial score (nSPS) is 17.2. The molecule has 0 aromatic heterocycles. The summed E-state index contributed by atoms with van der Waals surface area (Å²) < 4.78 is 0. The van der Waals surface area contributed by atoms with Crippen LogP contribution in [0.3, 0.4) is 0 Å². The van der Waals surface area contributed by atoms with Crippen LogP contribution in [0.1, 0.15) is 20.3 Å². The summed E-state index contributed by atoms with van der Waals surface area (Å²) in [6.45, 7) is 4.57. The highest BCUT2D eigenvalue weighted by molar-refractivity contribution is 6.42. The Bertz CT molecular complexity index is 251. The molecule has 12 heavy (non-hydrogen) atoms. The summed E-state index contributed by atoms with van der Waals surface area (Å²) in [6, 6.07) is 0. The van der Waals surface area contributed by atoms with E-state index >= 15 is 0 Å². The molecule has 1 aliphatic rings. The summed E-state index contributed by atoms with van der Waals surface area (Å²) in [7, 11) is 0. The molecule has 0 fully saturated rings. The van der Waals surface area contributed by atoms with Gasteiger partial charge in [0.25, 0.3) is 0 Å². The van der Waals surface area contributed by atoms with Gasteiger partial charge in [-0.3, -0.25) is 4.99 Å². The predicted molar refractivity (Wildman–Crippen MR) is 47.5 cm³/mol. The van der Waals surface area contributed by atoms with Gasteiger partial charge in [-0.1, -0.05) is 19.9 Å². The van der Waals surface area contributed by atoms with Gasteiger partial charge in [-0.15, -0.1) is 0 Å². The van der Waals surface area contributed by atoms with Crippen LogP contribution in [0.2, 0.25) is 0 Å². The minimum Gasteiger partial charge on any atom is -0.477 e. The minimum absolute atomic E-state index is 0.247. The molecule has 3 nitrogen and oxygen atoms in total. The zero-order valence-electron chi connectivity index (χ0n) is 7.37. The molecule has 0 spiro atoms. The van der Waals surface area contributed by atoms with Crippen molar-refractivity contribution in [2.24, 2.45) is 10.9 Å². The van der Waals surface area contributed by atoms with Gasteiger partial charge >= 0.3 is 5.97 Å². The van der Waals surface area contributed by atoms with Gasteiger partial charge in [-0.25, -0.2) is 4.79 Å². The molecule has 3 heteroatoms. The largest absolute Gasteiger partial charge is 0.477 e. The maximum absolute atomic E-state index is 10.7. The van der Waals surface area contributed by atoms with Crippen molar-refractivity contribution in [1.82, 2.24) is 0 Å². The Morgan fingerprint density at radius 3 is 2.75 bits per heavy atom. The fourth-order valence-electron chi connectivity index (χ4n) is 1.28. The van der Waals surface area contributed by atoms with Crippen LogP contribution in [-0.4, -0.2) is 23.3 Å². The van der Waals surface area contributed by atoms with E-state index in [-0.39, 0.29) is 11.6 Å². The SMILES string of the molecule is CC(C)C1=CCCN=C1C(=O)O.